The van der Waals surface area contributed by atoms with Crippen LogP contribution < -0.4 is 10.9 Å². The molecule has 1 atom stereocenters. The number of amides is 1. The molecule has 1 heterocycles. The predicted molar refractivity (Wildman–Crippen MR) is 105 cm³/mol. The topological polar surface area (TPSA) is 71.3 Å². The fourth-order valence-electron chi connectivity index (χ4n) is 2.75. The Morgan fingerprint density at radius 1 is 1.27 bits per heavy atom. The number of aromatic hydroxyl groups is 1. The molecule has 0 aliphatic heterocycles. The number of rotatable bonds is 5. The van der Waals surface area contributed by atoms with Crippen LogP contribution in [0.4, 0.5) is 0 Å². The highest BCUT2D eigenvalue weighted by molar-refractivity contribution is 6.42. The lowest BCUT2D eigenvalue weighted by molar-refractivity contribution is 0.0934. The van der Waals surface area contributed by atoms with Gasteiger partial charge >= 0.3 is 0 Å². The van der Waals surface area contributed by atoms with Crippen molar-refractivity contribution >= 4 is 29.1 Å². The first kappa shape index (κ1) is 20.3. The molecule has 1 unspecified atom stereocenters. The third-order valence-electron chi connectivity index (χ3n) is 4.62. The summed E-state index contributed by atoms with van der Waals surface area (Å²) < 4.78 is 1.33. The van der Waals surface area contributed by atoms with Crippen molar-refractivity contribution in [2.75, 3.05) is 0 Å². The van der Waals surface area contributed by atoms with Gasteiger partial charge in [-0.05, 0) is 56.9 Å². The summed E-state index contributed by atoms with van der Waals surface area (Å²) in [5.74, 6) is -0.979. The Labute approximate surface area is 162 Å². The van der Waals surface area contributed by atoms with E-state index in [0.717, 1.165) is 5.56 Å². The van der Waals surface area contributed by atoms with Crippen LogP contribution in [0, 0.1) is 13.8 Å². The molecule has 0 aliphatic rings. The SMILES string of the molecule is Cc1c(C(=O)NC(C)CCc2ccc(Cl)c(Cl)c2)c(O)c(=O)n(C)c1C. The zero-order valence-electron chi connectivity index (χ0n) is 15.2. The van der Waals surface area contributed by atoms with Gasteiger partial charge in [0.05, 0.1) is 15.6 Å². The summed E-state index contributed by atoms with van der Waals surface area (Å²) >= 11 is 11.9. The largest absolute Gasteiger partial charge is 0.502 e. The zero-order valence-corrected chi connectivity index (χ0v) is 16.7. The van der Waals surface area contributed by atoms with E-state index in [9.17, 15) is 14.7 Å². The number of pyridine rings is 1. The number of halogens is 2. The van der Waals surface area contributed by atoms with Crippen molar-refractivity contribution in [1.29, 1.82) is 0 Å². The predicted octanol–water partition coefficient (Wildman–Crippen LogP) is 3.77. The van der Waals surface area contributed by atoms with Crippen molar-refractivity contribution < 1.29 is 9.90 Å². The Morgan fingerprint density at radius 3 is 2.54 bits per heavy atom. The summed E-state index contributed by atoms with van der Waals surface area (Å²) in [6.07, 6.45) is 1.38. The van der Waals surface area contributed by atoms with Crippen LogP contribution >= 0.6 is 23.2 Å². The summed E-state index contributed by atoms with van der Waals surface area (Å²) in [7, 11) is 1.56. The number of aromatic nitrogens is 1. The molecule has 0 bridgehead atoms. The van der Waals surface area contributed by atoms with Crippen LogP contribution in [0.1, 0.15) is 40.5 Å². The van der Waals surface area contributed by atoms with E-state index in [1.165, 1.54) is 4.57 Å². The highest BCUT2D eigenvalue weighted by Gasteiger charge is 2.22. The third kappa shape index (κ3) is 4.22. The smallest absolute Gasteiger partial charge is 0.293 e. The van der Waals surface area contributed by atoms with E-state index in [2.05, 4.69) is 5.32 Å². The van der Waals surface area contributed by atoms with Crippen LogP contribution in [-0.2, 0) is 13.5 Å². The number of aryl methyl sites for hydroxylation is 1. The lowest BCUT2D eigenvalue weighted by Crippen LogP contribution is -2.35. The number of hydrogen-bond donors (Lipinski definition) is 2. The molecular formula is C19H22Cl2N2O3. The minimum Gasteiger partial charge on any atom is -0.502 e. The van der Waals surface area contributed by atoms with Gasteiger partial charge in [0.1, 0.15) is 0 Å². The average molecular weight is 397 g/mol. The zero-order chi connectivity index (χ0) is 19.6. The molecule has 5 nitrogen and oxygen atoms in total. The second-order valence-corrected chi connectivity index (χ2v) is 7.27. The second kappa shape index (κ2) is 8.14. The van der Waals surface area contributed by atoms with Gasteiger partial charge in [-0.15, -0.1) is 0 Å². The maximum absolute atomic E-state index is 12.6. The molecule has 0 aliphatic carbocycles. The van der Waals surface area contributed by atoms with Crippen molar-refractivity contribution in [2.24, 2.45) is 7.05 Å². The fraction of sp³-hybridized carbons (Fsp3) is 0.368. The Balaban J connectivity index is 2.10. The van der Waals surface area contributed by atoms with E-state index in [4.69, 9.17) is 23.2 Å². The molecular weight excluding hydrogens is 375 g/mol. The lowest BCUT2D eigenvalue weighted by Gasteiger charge is -2.18. The van der Waals surface area contributed by atoms with Gasteiger partial charge in [-0.2, -0.15) is 0 Å². The number of nitrogens with one attached hydrogen (secondary N) is 1. The van der Waals surface area contributed by atoms with E-state index in [1.807, 2.05) is 13.0 Å². The van der Waals surface area contributed by atoms with Crippen molar-refractivity contribution in [2.45, 2.75) is 39.7 Å². The van der Waals surface area contributed by atoms with Crippen molar-refractivity contribution in [3.63, 3.8) is 0 Å². The van der Waals surface area contributed by atoms with Crippen molar-refractivity contribution in [3.05, 3.63) is 61.0 Å². The Hall–Kier alpha value is -1.98. The molecule has 0 radical (unpaired) electrons. The molecule has 7 heteroatoms. The molecule has 0 fully saturated rings. The van der Waals surface area contributed by atoms with E-state index in [1.54, 1.807) is 33.0 Å². The molecule has 2 N–H and O–H groups in total. The first-order valence-corrected chi connectivity index (χ1v) is 9.03. The van der Waals surface area contributed by atoms with Gasteiger partial charge < -0.3 is 15.0 Å². The van der Waals surface area contributed by atoms with Crippen molar-refractivity contribution in [1.82, 2.24) is 9.88 Å². The van der Waals surface area contributed by atoms with Gasteiger partial charge in [0.25, 0.3) is 11.5 Å². The molecule has 1 amide bonds. The highest BCUT2D eigenvalue weighted by Crippen LogP contribution is 2.23. The quantitative estimate of drug-likeness (QED) is 0.807. The van der Waals surface area contributed by atoms with Gasteiger partial charge in [-0.25, -0.2) is 0 Å². The van der Waals surface area contributed by atoms with Gasteiger partial charge in [-0.3, -0.25) is 9.59 Å². The Kier molecular flexibility index (Phi) is 6.37. The molecule has 1 aromatic carbocycles. The first-order chi connectivity index (χ1) is 12.1. The minimum absolute atomic E-state index is 0.0342. The summed E-state index contributed by atoms with van der Waals surface area (Å²) in [6.45, 7) is 5.32. The van der Waals surface area contributed by atoms with Gasteiger partial charge in [-0.1, -0.05) is 29.3 Å². The number of benzene rings is 1. The highest BCUT2D eigenvalue weighted by atomic mass is 35.5. The second-order valence-electron chi connectivity index (χ2n) is 6.46. The van der Waals surface area contributed by atoms with Crippen LogP contribution in [0.15, 0.2) is 23.0 Å². The fourth-order valence-corrected chi connectivity index (χ4v) is 3.07. The number of carbonyl (C=O) groups excluding carboxylic acids is 1. The molecule has 1 aromatic heterocycles. The molecule has 0 spiro atoms. The summed E-state index contributed by atoms with van der Waals surface area (Å²) in [5.41, 5.74) is 1.69. The maximum atomic E-state index is 12.6. The van der Waals surface area contributed by atoms with Crippen molar-refractivity contribution in [3.8, 4) is 5.75 Å². The van der Waals surface area contributed by atoms with Crippen LogP contribution in [0.3, 0.4) is 0 Å². The molecule has 0 saturated carbocycles. The van der Waals surface area contributed by atoms with E-state index >= 15 is 0 Å². The summed E-state index contributed by atoms with van der Waals surface area (Å²) in [5, 5.41) is 14.0. The number of hydrogen-bond acceptors (Lipinski definition) is 3. The third-order valence-corrected chi connectivity index (χ3v) is 5.36. The summed E-state index contributed by atoms with van der Waals surface area (Å²) in [6, 6.07) is 5.29. The number of carbonyl (C=O) groups is 1. The molecule has 26 heavy (non-hydrogen) atoms. The van der Waals surface area contributed by atoms with Crippen LogP contribution in [0.5, 0.6) is 5.75 Å². The Morgan fingerprint density at radius 2 is 1.92 bits per heavy atom. The molecule has 2 rings (SSSR count). The monoisotopic (exact) mass is 396 g/mol. The standard InChI is InChI=1S/C19H22Cl2N2O3/c1-10(5-6-13-7-8-14(20)15(21)9-13)22-18(25)16-11(2)12(3)23(4)19(26)17(16)24/h7-10,24H,5-6H2,1-4H3,(H,22,25). The minimum atomic E-state index is -0.582. The van der Waals surface area contributed by atoms with E-state index < -0.39 is 17.2 Å². The normalized spacial score (nSPS) is 12.1. The van der Waals surface area contributed by atoms with Gasteiger partial charge in [0, 0.05) is 18.8 Å². The molecule has 0 saturated heterocycles. The summed E-state index contributed by atoms with van der Waals surface area (Å²) in [4.78, 5) is 24.6. The van der Waals surface area contributed by atoms with E-state index in [-0.39, 0.29) is 11.6 Å². The van der Waals surface area contributed by atoms with E-state index in [0.29, 0.717) is 34.1 Å². The molecule has 2 aromatic rings. The average Bonchev–Trinajstić information content (AvgIpc) is 2.59. The maximum Gasteiger partial charge on any atom is 0.293 e. The Bertz CT molecular complexity index is 907. The van der Waals surface area contributed by atoms with Gasteiger partial charge in [0.2, 0.25) is 0 Å². The van der Waals surface area contributed by atoms with Crippen LogP contribution in [0.25, 0.3) is 0 Å². The molecule has 140 valence electrons. The van der Waals surface area contributed by atoms with Crippen LogP contribution in [-0.4, -0.2) is 21.6 Å². The number of nitrogens with zero attached hydrogens (tertiary/aromatic N) is 1. The van der Waals surface area contributed by atoms with Gasteiger partial charge in [0.15, 0.2) is 5.75 Å². The van der Waals surface area contributed by atoms with Crippen LogP contribution in [0.2, 0.25) is 10.0 Å². The lowest BCUT2D eigenvalue weighted by atomic mass is 10.0. The first-order valence-electron chi connectivity index (χ1n) is 8.27.